The Labute approximate surface area is 160 Å². The number of benzene rings is 1. The van der Waals surface area contributed by atoms with Crippen molar-refractivity contribution in [3.8, 4) is 0 Å². The van der Waals surface area contributed by atoms with Crippen molar-refractivity contribution in [1.82, 2.24) is 14.7 Å². The lowest BCUT2D eigenvalue weighted by molar-refractivity contribution is -0.132. The molecule has 0 unspecified atom stereocenters. The van der Waals surface area contributed by atoms with Crippen LogP contribution in [0.25, 0.3) is 0 Å². The first-order chi connectivity index (χ1) is 11.9. The van der Waals surface area contributed by atoms with Gasteiger partial charge in [-0.2, -0.15) is 0 Å². The standard InChI is InChI=1S/C19H27Cl2N3O/c1-22-10-6-19(7-11-22)14-24(9-3-8-23(19)2)18(25)13-15-4-5-16(20)17(21)12-15/h4-5,12H,3,6-11,13-14H2,1-2H3. The lowest BCUT2D eigenvalue weighted by Gasteiger charge is -2.47. The molecule has 1 aromatic rings. The van der Waals surface area contributed by atoms with Crippen molar-refractivity contribution in [2.45, 2.75) is 31.2 Å². The summed E-state index contributed by atoms with van der Waals surface area (Å²) >= 11 is 12.1. The van der Waals surface area contributed by atoms with Crippen molar-refractivity contribution in [3.05, 3.63) is 33.8 Å². The average molecular weight is 384 g/mol. The Balaban J connectivity index is 1.72. The van der Waals surface area contributed by atoms with Crippen LogP contribution in [0.3, 0.4) is 0 Å². The zero-order chi connectivity index (χ0) is 18.0. The fourth-order valence-corrected chi connectivity index (χ4v) is 4.34. The van der Waals surface area contributed by atoms with Crippen LogP contribution in [0.5, 0.6) is 0 Å². The van der Waals surface area contributed by atoms with Crippen molar-refractivity contribution < 1.29 is 4.79 Å². The van der Waals surface area contributed by atoms with Crippen molar-refractivity contribution in [2.75, 3.05) is 46.8 Å². The number of nitrogens with zero attached hydrogens (tertiary/aromatic N) is 3. The number of hydrogen-bond donors (Lipinski definition) is 0. The predicted molar refractivity (Wildman–Crippen MR) is 103 cm³/mol. The van der Waals surface area contributed by atoms with Gasteiger partial charge in [0.2, 0.25) is 5.91 Å². The molecular weight excluding hydrogens is 357 g/mol. The monoisotopic (exact) mass is 383 g/mol. The minimum absolute atomic E-state index is 0.121. The second-order valence-electron chi connectivity index (χ2n) is 7.54. The maximum absolute atomic E-state index is 12.9. The highest BCUT2D eigenvalue weighted by molar-refractivity contribution is 6.42. The van der Waals surface area contributed by atoms with Gasteiger partial charge in [-0.3, -0.25) is 9.69 Å². The molecule has 2 heterocycles. The molecule has 0 atom stereocenters. The molecule has 1 amide bonds. The van der Waals surface area contributed by atoms with Crippen LogP contribution in [-0.2, 0) is 11.2 Å². The van der Waals surface area contributed by atoms with Crippen molar-refractivity contribution >= 4 is 29.1 Å². The highest BCUT2D eigenvalue weighted by atomic mass is 35.5. The highest BCUT2D eigenvalue weighted by Crippen LogP contribution is 2.31. The van der Waals surface area contributed by atoms with Gasteiger partial charge in [0, 0.05) is 25.2 Å². The summed E-state index contributed by atoms with van der Waals surface area (Å²) in [7, 11) is 4.40. The number of piperidine rings is 1. The van der Waals surface area contributed by atoms with Crippen molar-refractivity contribution in [3.63, 3.8) is 0 Å². The summed E-state index contributed by atoms with van der Waals surface area (Å²) in [6, 6.07) is 5.46. The summed E-state index contributed by atoms with van der Waals surface area (Å²) in [5.41, 5.74) is 1.05. The van der Waals surface area contributed by atoms with Crippen molar-refractivity contribution in [1.29, 1.82) is 0 Å². The molecule has 4 nitrogen and oxygen atoms in total. The Morgan fingerprint density at radius 1 is 1.08 bits per heavy atom. The van der Waals surface area contributed by atoms with Gasteiger partial charge in [0.05, 0.1) is 16.5 Å². The molecule has 2 aliphatic heterocycles. The molecule has 1 aromatic carbocycles. The summed E-state index contributed by atoms with van der Waals surface area (Å²) < 4.78 is 0. The molecule has 6 heteroatoms. The third kappa shape index (κ3) is 4.30. The molecule has 2 saturated heterocycles. The first-order valence-corrected chi connectivity index (χ1v) is 9.77. The van der Waals surface area contributed by atoms with E-state index < -0.39 is 0 Å². The van der Waals surface area contributed by atoms with E-state index in [2.05, 4.69) is 28.8 Å². The molecule has 2 aliphatic rings. The summed E-state index contributed by atoms with van der Waals surface area (Å²) in [6.45, 7) is 4.91. The second kappa shape index (κ2) is 7.83. The largest absolute Gasteiger partial charge is 0.341 e. The fraction of sp³-hybridized carbons (Fsp3) is 0.632. The van der Waals surface area contributed by atoms with Crippen LogP contribution in [0.2, 0.25) is 10.0 Å². The van der Waals surface area contributed by atoms with Crippen LogP contribution in [0.4, 0.5) is 0 Å². The maximum atomic E-state index is 12.9. The number of likely N-dealkylation sites (tertiary alicyclic amines) is 1. The Kier molecular flexibility index (Phi) is 5.94. The smallest absolute Gasteiger partial charge is 0.227 e. The molecule has 25 heavy (non-hydrogen) atoms. The van der Waals surface area contributed by atoms with Gasteiger partial charge in [0.15, 0.2) is 0 Å². The number of amides is 1. The predicted octanol–water partition coefficient (Wildman–Crippen LogP) is 3.16. The molecule has 3 rings (SSSR count). The van der Waals surface area contributed by atoms with E-state index in [1.165, 1.54) is 0 Å². The van der Waals surface area contributed by atoms with Crippen LogP contribution in [-0.4, -0.2) is 73.0 Å². The SMILES string of the molecule is CN1CCC2(CC1)CN(C(=O)Cc1ccc(Cl)c(Cl)c1)CCCN2C. The molecular formula is C19H27Cl2N3O. The van der Waals surface area contributed by atoms with Gasteiger partial charge in [0.25, 0.3) is 0 Å². The summed E-state index contributed by atoms with van der Waals surface area (Å²) in [4.78, 5) is 19.9. The van der Waals surface area contributed by atoms with E-state index in [9.17, 15) is 4.79 Å². The minimum Gasteiger partial charge on any atom is -0.341 e. The van der Waals surface area contributed by atoms with E-state index >= 15 is 0 Å². The van der Waals surface area contributed by atoms with Crippen molar-refractivity contribution in [2.24, 2.45) is 0 Å². The maximum Gasteiger partial charge on any atom is 0.227 e. The Morgan fingerprint density at radius 2 is 1.80 bits per heavy atom. The van der Waals surface area contributed by atoms with Gasteiger partial charge in [0.1, 0.15) is 0 Å². The third-order valence-corrected chi connectivity index (χ3v) is 6.57. The molecule has 0 bridgehead atoms. The molecule has 0 aliphatic carbocycles. The Hall–Kier alpha value is -0.810. The highest BCUT2D eigenvalue weighted by Gasteiger charge is 2.41. The van der Waals surface area contributed by atoms with E-state index in [1.54, 1.807) is 12.1 Å². The van der Waals surface area contributed by atoms with Crippen LogP contribution in [0.1, 0.15) is 24.8 Å². The fourth-order valence-electron chi connectivity index (χ4n) is 4.01. The molecule has 138 valence electrons. The molecule has 1 spiro atoms. The number of rotatable bonds is 2. The van der Waals surface area contributed by atoms with Crippen LogP contribution in [0, 0.1) is 0 Å². The number of likely N-dealkylation sites (N-methyl/N-ethyl adjacent to an activating group) is 1. The number of hydrogen-bond acceptors (Lipinski definition) is 3. The topological polar surface area (TPSA) is 26.8 Å². The van der Waals surface area contributed by atoms with Crippen LogP contribution < -0.4 is 0 Å². The lowest BCUT2D eigenvalue weighted by atomic mass is 9.85. The first-order valence-electron chi connectivity index (χ1n) is 9.01. The van der Waals surface area contributed by atoms with Gasteiger partial charge in [-0.05, 0) is 64.1 Å². The van der Waals surface area contributed by atoms with Gasteiger partial charge in [-0.25, -0.2) is 0 Å². The quantitative estimate of drug-likeness (QED) is 0.784. The normalized spacial score (nSPS) is 22.2. The summed E-state index contributed by atoms with van der Waals surface area (Å²) in [6.07, 6.45) is 3.66. The number of carbonyl (C=O) groups excluding carboxylic acids is 1. The number of carbonyl (C=O) groups is 1. The summed E-state index contributed by atoms with van der Waals surface area (Å²) in [5.74, 6) is 0.187. The van der Waals surface area contributed by atoms with Crippen LogP contribution in [0.15, 0.2) is 18.2 Å². The van der Waals surface area contributed by atoms with Gasteiger partial charge >= 0.3 is 0 Å². The average Bonchev–Trinajstić information content (AvgIpc) is 2.74. The molecule has 0 radical (unpaired) electrons. The molecule has 0 N–H and O–H groups in total. The Morgan fingerprint density at radius 3 is 2.48 bits per heavy atom. The zero-order valence-corrected chi connectivity index (χ0v) is 16.6. The van der Waals surface area contributed by atoms with Gasteiger partial charge < -0.3 is 9.80 Å². The van der Waals surface area contributed by atoms with E-state index in [1.807, 2.05) is 6.07 Å². The summed E-state index contributed by atoms with van der Waals surface area (Å²) in [5, 5.41) is 1.04. The van der Waals surface area contributed by atoms with Gasteiger partial charge in [-0.15, -0.1) is 0 Å². The molecule has 0 aromatic heterocycles. The van der Waals surface area contributed by atoms with Crippen LogP contribution >= 0.6 is 23.2 Å². The van der Waals surface area contributed by atoms with E-state index in [0.717, 1.165) is 57.5 Å². The first kappa shape index (κ1) is 19.0. The third-order valence-electron chi connectivity index (χ3n) is 5.83. The molecule has 0 saturated carbocycles. The zero-order valence-electron chi connectivity index (χ0n) is 15.1. The Bertz CT molecular complexity index is 629. The van der Waals surface area contributed by atoms with Gasteiger partial charge in [-0.1, -0.05) is 29.3 Å². The van der Waals surface area contributed by atoms with E-state index in [4.69, 9.17) is 23.2 Å². The molecule has 2 fully saturated rings. The lowest BCUT2D eigenvalue weighted by Crippen LogP contribution is -2.58. The minimum atomic E-state index is 0.121. The van der Waals surface area contributed by atoms with E-state index in [0.29, 0.717) is 16.5 Å². The number of halogens is 2. The second-order valence-corrected chi connectivity index (χ2v) is 8.36. The van der Waals surface area contributed by atoms with E-state index in [-0.39, 0.29) is 11.4 Å².